The monoisotopic (exact) mass is 329 g/mol. The van der Waals surface area contributed by atoms with Gasteiger partial charge in [0, 0.05) is 12.2 Å². The van der Waals surface area contributed by atoms with Crippen LogP contribution in [0.1, 0.15) is 12.6 Å². The average Bonchev–Trinajstić information content (AvgIpc) is 2.77. The number of nitrogens with one attached hydrogen (secondary N) is 1. The zero-order chi connectivity index (χ0) is 16.1. The Labute approximate surface area is 133 Å². The molecule has 1 saturated heterocycles. The zero-order valence-electron chi connectivity index (χ0n) is 12.5. The summed E-state index contributed by atoms with van der Waals surface area (Å²) in [6, 6.07) is 0. The molecule has 22 heavy (non-hydrogen) atoms. The lowest BCUT2D eigenvalue weighted by Crippen LogP contribution is -2.34. The second-order valence-corrected chi connectivity index (χ2v) is 6.34. The Morgan fingerprint density at radius 3 is 2.73 bits per heavy atom. The molecule has 0 aromatic carbocycles. The first kappa shape index (κ1) is 17.2. The standard InChI is InChI=1S/C13H23N5O3S/c1-2-22-4-9-12(20)11(19)8(21-9)3-7-10(16-5-14)13(15)18-6-17-7/h6,8-9,11-12,16,19-20H,2-5,14H2,1H3,(H2,15,17,18)/t8-,9+,11-,12+/m0/s1. The van der Waals surface area contributed by atoms with Gasteiger partial charge < -0.3 is 31.7 Å². The SMILES string of the molecule is CCSC[C@H]1O[C@@H](Cc2ncnc(N)c2NCN)[C@H](O)[C@@H]1O. The molecule has 0 amide bonds. The van der Waals surface area contributed by atoms with Gasteiger partial charge in [-0.05, 0) is 5.75 Å². The van der Waals surface area contributed by atoms with Crippen LogP contribution in [0.3, 0.4) is 0 Å². The van der Waals surface area contributed by atoms with Gasteiger partial charge in [-0.25, -0.2) is 9.97 Å². The zero-order valence-corrected chi connectivity index (χ0v) is 13.3. The van der Waals surface area contributed by atoms with Crippen LogP contribution in [-0.2, 0) is 11.2 Å². The van der Waals surface area contributed by atoms with E-state index >= 15 is 0 Å². The average molecular weight is 329 g/mol. The number of aromatic nitrogens is 2. The molecule has 1 aromatic heterocycles. The number of thioether (sulfide) groups is 1. The largest absolute Gasteiger partial charge is 0.388 e. The first-order chi connectivity index (χ1) is 10.6. The van der Waals surface area contributed by atoms with Crippen molar-refractivity contribution in [1.29, 1.82) is 0 Å². The summed E-state index contributed by atoms with van der Waals surface area (Å²) in [7, 11) is 0. The van der Waals surface area contributed by atoms with Gasteiger partial charge in [0.2, 0.25) is 0 Å². The van der Waals surface area contributed by atoms with Crippen LogP contribution < -0.4 is 16.8 Å². The molecule has 4 atom stereocenters. The van der Waals surface area contributed by atoms with Gasteiger partial charge in [0.1, 0.15) is 18.5 Å². The molecular weight excluding hydrogens is 306 g/mol. The Bertz CT molecular complexity index is 493. The summed E-state index contributed by atoms with van der Waals surface area (Å²) in [4.78, 5) is 8.10. The lowest BCUT2D eigenvalue weighted by Gasteiger charge is -2.17. The summed E-state index contributed by atoms with van der Waals surface area (Å²) in [5.74, 6) is 1.87. The van der Waals surface area contributed by atoms with E-state index in [1.54, 1.807) is 11.8 Å². The molecule has 1 fully saturated rings. The Morgan fingerprint density at radius 2 is 2.05 bits per heavy atom. The number of rotatable bonds is 7. The number of nitrogens with two attached hydrogens (primary N) is 2. The smallest absolute Gasteiger partial charge is 0.150 e. The molecule has 2 rings (SSSR count). The predicted molar refractivity (Wildman–Crippen MR) is 86.5 cm³/mol. The molecular formula is C13H23N5O3S. The lowest BCUT2D eigenvalue weighted by atomic mass is 10.0. The molecule has 1 aliphatic heterocycles. The fraction of sp³-hybridized carbons (Fsp3) is 0.692. The van der Waals surface area contributed by atoms with E-state index < -0.39 is 18.3 Å². The van der Waals surface area contributed by atoms with Crippen molar-refractivity contribution in [3.05, 3.63) is 12.0 Å². The lowest BCUT2D eigenvalue weighted by molar-refractivity contribution is 0.0178. The van der Waals surface area contributed by atoms with Gasteiger partial charge in [0.25, 0.3) is 0 Å². The van der Waals surface area contributed by atoms with Crippen LogP contribution in [0.4, 0.5) is 11.5 Å². The van der Waals surface area contributed by atoms with Crippen LogP contribution >= 0.6 is 11.8 Å². The molecule has 9 heteroatoms. The first-order valence-corrected chi connectivity index (χ1v) is 8.36. The summed E-state index contributed by atoms with van der Waals surface area (Å²) in [5.41, 5.74) is 12.5. The van der Waals surface area contributed by atoms with E-state index in [1.807, 2.05) is 6.92 Å². The minimum Gasteiger partial charge on any atom is -0.388 e. The highest BCUT2D eigenvalue weighted by Crippen LogP contribution is 2.29. The number of aliphatic hydroxyl groups excluding tert-OH is 2. The molecule has 0 aliphatic carbocycles. The summed E-state index contributed by atoms with van der Waals surface area (Å²) in [5, 5.41) is 23.2. The van der Waals surface area contributed by atoms with E-state index in [0.717, 1.165) is 5.75 Å². The van der Waals surface area contributed by atoms with Crippen molar-refractivity contribution in [3.8, 4) is 0 Å². The Hall–Kier alpha value is -1.13. The third-order valence-electron chi connectivity index (χ3n) is 3.58. The third-order valence-corrected chi connectivity index (χ3v) is 4.55. The number of hydrogen-bond acceptors (Lipinski definition) is 9. The van der Waals surface area contributed by atoms with Gasteiger partial charge in [-0.2, -0.15) is 11.8 Å². The second kappa shape index (κ2) is 7.93. The van der Waals surface area contributed by atoms with Crippen molar-refractivity contribution in [2.75, 3.05) is 29.2 Å². The maximum absolute atomic E-state index is 10.2. The maximum atomic E-state index is 10.2. The van der Waals surface area contributed by atoms with Gasteiger partial charge >= 0.3 is 0 Å². The van der Waals surface area contributed by atoms with E-state index in [0.29, 0.717) is 29.4 Å². The summed E-state index contributed by atoms with van der Waals surface area (Å²) in [6.07, 6.45) is -1.09. The maximum Gasteiger partial charge on any atom is 0.150 e. The molecule has 0 bridgehead atoms. The minimum absolute atomic E-state index is 0.192. The highest BCUT2D eigenvalue weighted by atomic mass is 32.2. The van der Waals surface area contributed by atoms with Gasteiger partial charge in [-0.1, -0.05) is 6.92 Å². The number of nitrogens with zero attached hydrogens (tertiary/aromatic N) is 2. The van der Waals surface area contributed by atoms with Crippen molar-refractivity contribution in [3.63, 3.8) is 0 Å². The molecule has 1 aliphatic rings. The van der Waals surface area contributed by atoms with E-state index in [2.05, 4.69) is 15.3 Å². The number of ether oxygens (including phenoxy) is 1. The van der Waals surface area contributed by atoms with Crippen molar-refractivity contribution in [2.45, 2.75) is 37.8 Å². The molecule has 0 radical (unpaired) electrons. The molecule has 0 saturated carbocycles. The van der Waals surface area contributed by atoms with Gasteiger partial charge in [0.05, 0.1) is 30.3 Å². The van der Waals surface area contributed by atoms with Crippen molar-refractivity contribution in [1.82, 2.24) is 9.97 Å². The highest BCUT2D eigenvalue weighted by molar-refractivity contribution is 7.99. The summed E-state index contributed by atoms with van der Waals surface area (Å²) in [6.45, 7) is 2.23. The number of nitrogen functional groups attached to an aromatic ring is 1. The molecule has 1 aromatic rings. The van der Waals surface area contributed by atoms with Crippen molar-refractivity contribution in [2.24, 2.45) is 5.73 Å². The molecule has 124 valence electrons. The third kappa shape index (κ3) is 3.79. The predicted octanol–water partition coefficient (Wildman–Crippen LogP) is -0.828. The molecule has 0 unspecified atom stereocenters. The van der Waals surface area contributed by atoms with Crippen LogP contribution in [0.5, 0.6) is 0 Å². The fourth-order valence-corrected chi connectivity index (χ4v) is 3.19. The van der Waals surface area contributed by atoms with Crippen LogP contribution in [0.15, 0.2) is 6.33 Å². The number of anilines is 2. The minimum atomic E-state index is -0.954. The Kier molecular flexibility index (Phi) is 6.21. The van der Waals surface area contributed by atoms with Crippen molar-refractivity contribution < 1.29 is 14.9 Å². The van der Waals surface area contributed by atoms with E-state index in [9.17, 15) is 10.2 Å². The van der Waals surface area contributed by atoms with Gasteiger partial charge in [0.15, 0.2) is 5.82 Å². The highest BCUT2D eigenvalue weighted by Gasteiger charge is 2.42. The normalized spacial score (nSPS) is 28.0. The summed E-state index contributed by atoms with van der Waals surface area (Å²) < 4.78 is 5.78. The van der Waals surface area contributed by atoms with E-state index in [1.165, 1.54) is 6.33 Å². The van der Waals surface area contributed by atoms with E-state index in [4.69, 9.17) is 16.2 Å². The van der Waals surface area contributed by atoms with Crippen molar-refractivity contribution >= 4 is 23.3 Å². The van der Waals surface area contributed by atoms with Gasteiger partial charge in [-0.3, -0.25) is 0 Å². The molecule has 0 spiro atoms. The first-order valence-electron chi connectivity index (χ1n) is 7.21. The topological polar surface area (TPSA) is 140 Å². The molecule has 2 heterocycles. The number of hydrogen-bond donors (Lipinski definition) is 5. The Balaban J connectivity index is 2.09. The molecule has 7 N–H and O–H groups in total. The fourth-order valence-electron chi connectivity index (χ4n) is 2.44. The second-order valence-electron chi connectivity index (χ2n) is 5.02. The van der Waals surface area contributed by atoms with Crippen LogP contribution in [-0.4, -0.2) is 62.8 Å². The Morgan fingerprint density at radius 1 is 1.32 bits per heavy atom. The quantitative estimate of drug-likeness (QED) is 0.405. The summed E-state index contributed by atoms with van der Waals surface area (Å²) >= 11 is 1.66. The molecule has 8 nitrogen and oxygen atoms in total. The number of aliphatic hydroxyl groups is 2. The van der Waals surface area contributed by atoms with Crippen LogP contribution in [0, 0.1) is 0 Å². The van der Waals surface area contributed by atoms with E-state index in [-0.39, 0.29) is 12.8 Å². The van der Waals surface area contributed by atoms with Crippen LogP contribution in [0.25, 0.3) is 0 Å². The van der Waals surface area contributed by atoms with Gasteiger partial charge in [-0.15, -0.1) is 0 Å². The van der Waals surface area contributed by atoms with Crippen LogP contribution in [0.2, 0.25) is 0 Å².